The third-order valence-corrected chi connectivity index (χ3v) is 3.00. The van der Waals surface area contributed by atoms with Gasteiger partial charge in [0, 0.05) is 18.8 Å². The standard InChI is InChI=1S/C16H15N3/c1-19-15(13-8-4-2-5-9-13)12-16(18-19)17-14-10-6-3-7-11-14/h2-12H,1H3,(H,17,18). The molecule has 0 unspecified atom stereocenters. The second kappa shape index (κ2) is 4.98. The lowest BCUT2D eigenvalue weighted by Gasteiger charge is -2.00. The molecule has 3 heteroatoms. The van der Waals surface area contributed by atoms with Crippen LogP contribution in [0.1, 0.15) is 0 Å². The number of aryl methyl sites for hydroxylation is 1. The Bertz CT molecular complexity index is 657. The number of nitrogens with zero attached hydrogens (tertiary/aromatic N) is 2. The number of benzene rings is 2. The molecule has 0 saturated carbocycles. The van der Waals surface area contributed by atoms with E-state index in [1.165, 1.54) is 5.56 Å². The molecular formula is C16H15N3. The van der Waals surface area contributed by atoms with Gasteiger partial charge in [0.2, 0.25) is 0 Å². The number of rotatable bonds is 3. The molecular weight excluding hydrogens is 234 g/mol. The van der Waals surface area contributed by atoms with Gasteiger partial charge in [0.25, 0.3) is 0 Å². The topological polar surface area (TPSA) is 29.9 Å². The summed E-state index contributed by atoms with van der Waals surface area (Å²) in [7, 11) is 1.96. The Morgan fingerprint density at radius 1 is 0.895 bits per heavy atom. The smallest absolute Gasteiger partial charge is 0.153 e. The molecule has 3 rings (SSSR count). The average molecular weight is 249 g/mol. The molecule has 0 atom stereocenters. The van der Waals surface area contributed by atoms with Crippen molar-refractivity contribution in [1.29, 1.82) is 0 Å². The van der Waals surface area contributed by atoms with Crippen molar-refractivity contribution in [3.05, 3.63) is 66.7 Å². The molecule has 0 saturated heterocycles. The van der Waals surface area contributed by atoms with Crippen LogP contribution in [0.4, 0.5) is 11.5 Å². The van der Waals surface area contributed by atoms with Crippen molar-refractivity contribution in [2.45, 2.75) is 0 Å². The van der Waals surface area contributed by atoms with E-state index in [-0.39, 0.29) is 0 Å². The van der Waals surface area contributed by atoms with E-state index in [0.29, 0.717) is 0 Å². The monoisotopic (exact) mass is 249 g/mol. The van der Waals surface area contributed by atoms with Crippen molar-refractivity contribution < 1.29 is 0 Å². The van der Waals surface area contributed by atoms with Gasteiger partial charge >= 0.3 is 0 Å². The molecule has 3 nitrogen and oxygen atoms in total. The van der Waals surface area contributed by atoms with Gasteiger partial charge < -0.3 is 5.32 Å². The van der Waals surface area contributed by atoms with E-state index in [2.05, 4.69) is 28.6 Å². The fourth-order valence-electron chi connectivity index (χ4n) is 2.08. The van der Waals surface area contributed by atoms with Gasteiger partial charge in [-0.1, -0.05) is 48.5 Å². The summed E-state index contributed by atoms with van der Waals surface area (Å²) in [5.41, 5.74) is 3.30. The third-order valence-electron chi connectivity index (χ3n) is 3.00. The van der Waals surface area contributed by atoms with Crippen LogP contribution in [0.3, 0.4) is 0 Å². The molecule has 94 valence electrons. The number of anilines is 2. The van der Waals surface area contributed by atoms with Gasteiger partial charge in [-0.05, 0) is 17.7 Å². The van der Waals surface area contributed by atoms with E-state index in [9.17, 15) is 0 Å². The van der Waals surface area contributed by atoms with E-state index < -0.39 is 0 Å². The summed E-state index contributed by atoms with van der Waals surface area (Å²) in [6, 6.07) is 22.4. The molecule has 1 aromatic heterocycles. The summed E-state index contributed by atoms with van der Waals surface area (Å²) < 4.78 is 1.89. The first-order valence-electron chi connectivity index (χ1n) is 6.24. The van der Waals surface area contributed by atoms with E-state index in [4.69, 9.17) is 0 Å². The largest absolute Gasteiger partial charge is 0.339 e. The summed E-state index contributed by atoms with van der Waals surface area (Å²) in [5.74, 6) is 0.854. The molecule has 3 aromatic rings. The summed E-state index contributed by atoms with van der Waals surface area (Å²) in [6.07, 6.45) is 0. The number of para-hydroxylation sites is 1. The molecule has 0 aliphatic heterocycles. The van der Waals surface area contributed by atoms with Crippen LogP contribution in [-0.4, -0.2) is 9.78 Å². The zero-order chi connectivity index (χ0) is 13.1. The summed E-state index contributed by atoms with van der Waals surface area (Å²) in [5, 5.41) is 7.79. The van der Waals surface area contributed by atoms with Crippen LogP contribution in [0.2, 0.25) is 0 Å². The molecule has 0 amide bonds. The van der Waals surface area contributed by atoms with Crippen molar-refractivity contribution in [2.24, 2.45) is 7.05 Å². The number of aromatic nitrogens is 2. The maximum Gasteiger partial charge on any atom is 0.153 e. The zero-order valence-corrected chi connectivity index (χ0v) is 10.7. The molecule has 0 aliphatic carbocycles. The van der Waals surface area contributed by atoms with Crippen LogP contribution in [0.5, 0.6) is 0 Å². The van der Waals surface area contributed by atoms with Crippen LogP contribution >= 0.6 is 0 Å². The molecule has 0 bridgehead atoms. The first-order chi connectivity index (χ1) is 9.33. The molecule has 19 heavy (non-hydrogen) atoms. The SMILES string of the molecule is Cn1nc(Nc2ccccc2)cc1-c1ccccc1. The van der Waals surface area contributed by atoms with Gasteiger partial charge in [-0.25, -0.2) is 0 Å². The predicted octanol–water partition coefficient (Wildman–Crippen LogP) is 3.83. The Kier molecular flexibility index (Phi) is 3.02. The lowest BCUT2D eigenvalue weighted by Crippen LogP contribution is -1.95. The zero-order valence-electron chi connectivity index (χ0n) is 10.7. The Labute approximate surface area is 112 Å². The predicted molar refractivity (Wildman–Crippen MR) is 78.4 cm³/mol. The first kappa shape index (κ1) is 11.5. The van der Waals surface area contributed by atoms with E-state index >= 15 is 0 Å². The lowest BCUT2D eigenvalue weighted by molar-refractivity contribution is 0.779. The summed E-state index contributed by atoms with van der Waals surface area (Å²) in [4.78, 5) is 0. The maximum atomic E-state index is 4.49. The van der Waals surface area contributed by atoms with Gasteiger partial charge in [-0.3, -0.25) is 4.68 Å². The lowest BCUT2D eigenvalue weighted by atomic mass is 10.1. The van der Waals surface area contributed by atoms with Gasteiger partial charge in [0.15, 0.2) is 5.82 Å². The number of hydrogen-bond donors (Lipinski definition) is 1. The summed E-state index contributed by atoms with van der Waals surface area (Å²) in [6.45, 7) is 0. The number of hydrogen-bond acceptors (Lipinski definition) is 2. The molecule has 0 radical (unpaired) electrons. The minimum atomic E-state index is 0.854. The summed E-state index contributed by atoms with van der Waals surface area (Å²) >= 11 is 0. The highest BCUT2D eigenvalue weighted by atomic mass is 15.3. The Morgan fingerprint density at radius 3 is 2.21 bits per heavy atom. The second-order valence-corrected chi connectivity index (χ2v) is 4.40. The normalized spacial score (nSPS) is 10.4. The Balaban J connectivity index is 1.90. The Hall–Kier alpha value is -2.55. The highest BCUT2D eigenvalue weighted by Crippen LogP contribution is 2.23. The average Bonchev–Trinajstić information content (AvgIpc) is 2.82. The van der Waals surface area contributed by atoms with Gasteiger partial charge in [0.1, 0.15) is 0 Å². The molecule has 0 aliphatic rings. The Morgan fingerprint density at radius 2 is 1.53 bits per heavy atom. The minimum absolute atomic E-state index is 0.854. The van der Waals surface area contributed by atoms with E-state index in [1.807, 2.05) is 60.3 Å². The minimum Gasteiger partial charge on any atom is -0.339 e. The van der Waals surface area contributed by atoms with Gasteiger partial charge in [-0.2, -0.15) is 5.10 Å². The molecule has 0 fully saturated rings. The second-order valence-electron chi connectivity index (χ2n) is 4.40. The quantitative estimate of drug-likeness (QED) is 0.764. The van der Waals surface area contributed by atoms with Gasteiger partial charge in [0.05, 0.1) is 5.69 Å². The van der Waals surface area contributed by atoms with Gasteiger partial charge in [-0.15, -0.1) is 0 Å². The van der Waals surface area contributed by atoms with Crippen molar-refractivity contribution in [3.63, 3.8) is 0 Å². The van der Waals surface area contributed by atoms with E-state index in [1.54, 1.807) is 0 Å². The first-order valence-corrected chi connectivity index (χ1v) is 6.24. The van der Waals surface area contributed by atoms with Crippen LogP contribution in [-0.2, 0) is 7.05 Å². The van der Waals surface area contributed by atoms with Crippen molar-refractivity contribution in [1.82, 2.24) is 9.78 Å². The van der Waals surface area contributed by atoms with Crippen molar-refractivity contribution >= 4 is 11.5 Å². The number of nitrogens with one attached hydrogen (secondary N) is 1. The highest BCUT2D eigenvalue weighted by Gasteiger charge is 2.06. The van der Waals surface area contributed by atoms with Crippen LogP contribution in [0.15, 0.2) is 66.7 Å². The highest BCUT2D eigenvalue weighted by molar-refractivity contribution is 5.66. The third kappa shape index (κ3) is 2.50. The maximum absolute atomic E-state index is 4.49. The fraction of sp³-hybridized carbons (Fsp3) is 0.0625. The van der Waals surface area contributed by atoms with Crippen LogP contribution in [0.25, 0.3) is 11.3 Å². The molecule has 1 N–H and O–H groups in total. The molecule has 0 spiro atoms. The van der Waals surface area contributed by atoms with Crippen molar-refractivity contribution in [2.75, 3.05) is 5.32 Å². The molecule has 1 heterocycles. The van der Waals surface area contributed by atoms with E-state index in [0.717, 1.165) is 17.2 Å². The van der Waals surface area contributed by atoms with Crippen LogP contribution in [0, 0.1) is 0 Å². The fourth-order valence-corrected chi connectivity index (χ4v) is 2.08. The van der Waals surface area contributed by atoms with Crippen molar-refractivity contribution in [3.8, 4) is 11.3 Å². The van der Waals surface area contributed by atoms with Crippen LogP contribution < -0.4 is 5.32 Å². The molecule has 2 aromatic carbocycles.